The lowest BCUT2D eigenvalue weighted by Gasteiger charge is -1.94. The van der Waals surface area contributed by atoms with Gasteiger partial charge in [0.15, 0.2) is 0 Å². The summed E-state index contributed by atoms with van der Waals surface area (Å²) in [6.07, 6.45) is 0. The first-order chi connectivity index (χ1) is 5.04. The molecule has 0 aromatic rings. The molecule has 0 aromatic heterocycles. The summed E-state index contributed by atoms with van der Waals surface area (Å²) in [6, 6.07) is 0. The Hall–Kier alpha value is -0.810. The van der Waals surface area contributed by atoms with E-state index in [1.807, 2.05) is 6.92 Å². The summed E-state index contributed by atoms with van der Waals surface area (Å²) in [4.78, 5) is 0. The van der Waals surface area contributed by atoms with Crippen LogP contribution in [0.4, 0.5) is 0 Å². The highest BCUT2D eigenvalue weighted by Gasteiger charge is 1.82. The van der Waals surface area contributed by atoms with Gasteiger partial charge >= 0.3 is 0 Å². The average molecular weight is 164 g/mol. The van der Waals surface area contributed by atoms with Crippen LogP contribution in [0.2, 0.25) is 0 Å². The van der Waals surface area contributed by atoms with Gasteiger partial charge in [-0.25, -0.2) is 0 Å². The molecule has 2 N–H and O–H groups in total. The van der Waals surface area contributed by atoms with Gasteiger partial charge in [-0.15, -0.1) is 0 Å². The lowest BCUT2D eigenvalue weighted by Crippen LogP contribution is -2.01. The van der Waals surface area contributed by atoms with E-state index in [4.69, 9.17) is 15.2 Å². The molecule has 0 aliphatic heterocycles. The van der Waals surface area contributed by atoms with Crippen molar-refractivity contribution in [3.8, 4) is 0 Å². The molecule has 0 aromatic carbocycles. The first-order valence-corrected chi connectivity index (χ1v) is 3.22. The van der Waals surface area contributed by atoms with Crippen LogP contribution >= 0.6 is 0 Å². The number of hydrogen-bond donors (Lipinski definition) is 2. The Kier molecular flexibility index (Phi) is 10.7. The van der Waals surface area contributed by atoms with Gasteiger partial charge in [0.1, 0.15) is 0 Å². The van der Waals surface area contributed by atoms with Crippen LogP contribution < -0.4 is 0 Å². The molecule has 5 nitrogen and oxygen atoms in total. The number of ether oxygens (including phenoxy) is 1. The lowest BCUT2D eigenvalue weighted by atomic mass is 10.7. The van der Waals surface area contributed by atoms with E-state index >= 15 is 0 Å². The second-order valence-electron chi connectivity index (χ2n) is 1.90. The van der Waals surface area contributed by atoms with Crippen molar-refractivity contribution >= 4 is 5.90 Å². The molecule has 0 atom stereocenters. The van der Waals surface area contributed by atoms with Gasteiger partial charge in [0, 0.05) is 21.0 Å². The van der Waals surface area contributed by atoms with Gasteiger partial charge in [0.05, 0.1) is 6.61 Å². The van der Waals surface area contributed by atoms with E-state index in [1.165, 1.54) is 0 Å². The second-order valence-corrected chi connectivity index (χ2v) is 1.90. The van der Waals surface area contributed by atoms with E-state index in [9.17, 15) is 0 Å². The molecule has 0 saturated heterocycles. The zero-order chi connectivity index (χ0) is 9.28. The fourth-order valence-electron chi connectivity index (χ4n) is 0.238. The number of oxime groups is 1. The lowest BCUT2D eigenvalue weighted by molar-refractivity contribution is -0.0372. The monoisotopic (exact) mass is 164 g/mol. The molecule has 0 saturated carbocycles. The summed E-state index contributed by atoms with van der Waals surface area (Å²) < 4.78 is 4.69. The Morgan fingerprint density at radius 2 is 1.91 bits per heavy atom. The van der Waals surface area contributed by atoms with Crippen LogP contribution in [0.1, 0.15) is 13.8 Å². The van der Waals surface area contributed by atoms with Gasteiger partial charge in [-0.1, -0.05) is 5.16 Å². The van der Waals surface area contributed by atoms with Crippen LogP contribution in [-0.4, -0.2) is 42.1 Å². The Labute approximate surface area is 66.8 Å². The van der Waals surface area contributed by atoms with E-state index in [1.54, 1.807) is 21.0 Å². The third kappa shape index (κ3) is 27.1. The van der Waals surface area contributed by atoms with Gasteiger partial charge in [-0.05, 0) is 6.92 Å². The molecule has 68 valence electrons. The molecular weight excluding hydrogens is 148 g/mol. The van der Waals surface area contributed by atoms with Crippen molar-refractivity contribution in [2.75, 3.05) is 20.7 Å². The van der Waals surface area contributed by atoms with E-state index in [-0.39, 0.29) is 0 Å². The Balaban J connectivity index is 0. The van der Waals surface area contributed by atoms with Crippen molar-refractivity contribution in [2.45, 2.75) is 13.8 Å². The van der Waals surface area contributed by atoms with Gasteiger partial charge in [0.25, 0.3) is 0 Å². The zero-order valence-corrected chi connectivity index (χ0v) is 7.40. The van der Waals surface area contributed by atoms with Crippen molar-refractivity contribution in [3.05, 3.63) is 0 Å². The van der Waals surface area contributed by atoms with E-state index in [2.05, 4.69) is 5.16 Å². The van der Waals surface area contributed by atoms with Crippen molar-refractivity contribution in [3.63, 3.8) is 0 Å². The Morgan fingerprint density at radius 3 is 2.00 bits per heavy atom. The molecule has 0 aliphatic rings. The minimum Gasteiger partial charge on any atom is -0.479 e. The third-order valence-corrected chi connectivity index (χ3v) is 0.494. The standard InChI is InChI=1S/C4H9NO2.C2H7NO/c1-3-7-4(2)5-6;1-3(2)4/h6H,3H2,1-2H3;4H,1-2H3. The van der Waals surface area contributed by atoms with Gasteiger partial charge in [0.2, 0.25) is 5.90 Å². The first-order valence-electron chi connectivity index (χ1n) is 3.22. The maximum atomic E-state index is 7.93. The minimum atomic E-state index is 0.308. The summed E-state index contributed by atoms with van der Waals surface area (Å²) in [7, 11) is 3.11. The molecule has 0 fully saturated rings. The summed E-state index contributed by atoms with van der Waals surface area (Å²) in [5.41, 5.74) is 0. The number of rotatable bonds is 1. The first kappa shape index (κ1) is 12.8. The van der Waals surface area contributed by atoms with Gasteiger partial charge in [-0.3, -0.25) is 0 Å². The van der Waals surface area contributed by atoms with Crippen LogP contribution in [0.3, 0.4) is 0 Å². The summed E-state index contributed by atoms with van der Waals surface area (Å²) >= 11 is 0. The smallest absolute Gasteiger partial charge is 0.222 e. The van der Waals surface area contributed by atoms with Crippen LogP contribution in [0, 0.1) is 0 Å². The predicted octanol–water partition coefficient (Wildman–Crippen LogP) is 0.768. The molecule has 0 bridgehead atoms. The zero-order valence-electron chi connectivity index (χ0n) is 7.40. The van der Waals surface area contributed by atoms with E-state index < -0.39 is 0 Å². The molecule has 0 heterocycles. The highest BCUT2D eigenvalue weighted by atomic mass is 16.5. The normalized spacial score (nSPS) is 10.5. The van der Waals surface area contributed by atoms with Crippen LogP contribution in [0.25, 0.3) is 0 Å². The summed E-state index contributed by atoms with van der Waals surface area (Å²) in [6.45, 7) is 3.97. The van der Waals surface area contributed by atoms with Crippen LogP contribution in [0.15, 0.2) is 5.16 Å². The molecule has 11 heavy (non-hydrogen) atoms. The van der Waals surface area contributed by atoms with Gasteiger partial charge in [-0.2, -0.15) is 5.06 Å². The molecule has 0 amide bonds. The minimum absolute atomic E-state index is 0.308. The molecular formula is C6H16N2O3. The van der Waals surface area contributed by atoms with Crippen molar-refractivity contribution in [2.24, 2.45) is 5.16 Å². The van der Waals surface area contributed by atoms with Crippen molar-refractivity contribution in [1.82, 2.24) is 5.06 Å². The largest absolute Gasteiger partial charge is 0.479 e. The highest BCUT2D eigenvalue weighted by molar-refractivity contribution is 5.72. The predicted molar refractivity (Wildman–Crippen MR) is 42.0 cm³/mol. The maximum Gasteiger partial charge on any atom is 0.222 e. The van der Waals surface area contributed by atoms with E-state index in [0.29, 0.717) is 12.5 Å². The quantitative estimate of drug-likeness (QED) is 0.260. The highest BCUT2D eigenvalue weighted by Crippen LogP contribution is 1.75. The summed E-state index contributed by atoms with van der Waals surface area (Å²) in [5.74, 6) is 0.308. The summed E-state index contributed by atoms with van der Waals surface area (Å²) in [5, 5.41) is 19.6. The molecule has 0 unspecified atom stereocenters. The SMILES string of the molecule is CCOC(C)=NO.CN(C)O. The van der Waals surface area contributed by atoms with E-state index in [0.717, 1.165) is 5.06 Å². The van der Waals surface area contributed by atoms with Gasteiger partial charge < -0.3 is 15.2 Å². The number of nitrogens with zero attached hydrogens (tertiary/aromatic N) is 2. The van der Waals surface area contributed by atoms with Crippen molar-refractivity contribution in [1.29, 1.82) is 0 Å². The fourth-order valence-corrected chi connectivity index (χ4v) is 0.238. The average Bonchev–Trinajstić information content (AvgIpc) is 1.87. The molecule has 0 spiro atoms. The Bertz CT molecular complexity index is 101. The molecule has 0 rings (SSSR count). The number of hydrogen-bond acceptors (Lipinski definition) is 5. The third-order valence-electron chi connectivity index (χ3n) is 0.494. The topological polar surface area (TPSA) is 65.3 Å². The van der Waals surface area contributed by atoms with Crippen LogP contribution in [-0.2, 0) is 4.74 Å². The number of hydroxylamine groups is 2. The molecule has 5 heteroatoms. The Morgan fingerprint density at radius 1 is 1.55 bits per heavy atom. The maximum absolute atomic E-state index is 7.93. The fraction of sp³-hybridized carbons (Fsp3) is 0.833. The van der Waals surface area contributed by atoms with Crippen molar-refractivity contribution < 1.29 is 15.2 Å². The second kappa shape index (κ2) is 9.19. The molecule has 0 radical (unpaired) electrons. The molecule has 0 aliphatic carbocycles. The van der Waals surface area contributed by atoms with Crippen LogP contribution in [0.5, 0.6) is 0 Å².